The second kappa shape index (κ2) is 6.91. The number of halogens is 1. The molecule has 2 heterocycles. The van der Waals surface area contributed by atoms with E-state index in [1.54, 1.807) is 40.3 Å². The fourth-order valence-corrected chi connectivity index (χ4v) is 3.01. The molecule has 1 aliphatic heterocycles. The normalized spacial score (nSPS) is 21.4. The van der Waals surface area contributed by atoms with Gasteiger partial charge in [0.25, 0.3) is 0 Å². The Morgan fingerprint density at radius 1 is 1.35 bits per heavy atom. The van der Waals surface area contributed by atoms with Crippen molar-refractivity contribution in [2.45, 2.75) is 25.5 Å². The van der Waals surface area contributed by atoms with Gasteiger partial charge in [0, 0.05) is 31.4 Å². The van der Waals surface area contributed by atoms with Gasteiger partial charge in [-0.25, -0.2) is 9.37 Å². The van der Waals surface area contributed by atoms with Gasteiger partial charge >= 0.3 is 0 Å². The lowest BCUT2D eigenvalue weighted by molar-refractivity contribution is -0.135. The number of likely N-dealkylation sites (tertiary alicyclic amines) is 1. The SMILES string of the molecule is O=C(Cn1ccnc1)N1CC[C@@H](O)[C@H](Cc2ccc(F)cc2)C1. The minimum absolute atomic E-state index is 0.0269. The zero-order valence-electron chi connectivity index (χ0n) is 12.8. The third kappa shape index (κ3) is 3.96. The van der Waals surface area contributed by atoms with Crippen LogP contribution >= 0.6 is 0 Å². The second-order valence-electron chi connectivity index (χ2n) is 6.02. The van der Waals surface area contributed by atoms with Crippen molar-refractivity contribution in [2.24, 2.45) is 5.92 Å². The Kier molecular flexibility index (Phi) is 4.71. The first-order chi connectivity index (χ1) is 11.1. The Morgan fingerprint density at radius 3 is 2.83 bits per heavy atom. The summed E-state index contributed by atoms with van der Waals surface area (Å²) in [6.45, 7) is 1.35. The molecule has 1 aromatic heterocycles. The van der Waals surface area contributed by atoms with Crippen LogP contribution in [0.4, 0.5) is 4.39 Å². The molecule has 0 unspecified atom stereocenters. The van der Waals surface area contributed by atoms with E-state index in [0.29, 0.717) is 25.9 Å². The fourth-order valence-electron chi connectivity index (χ4n) is 3.01. The van der Waals surface area contributed by atoms with Crippen molar-refractivity contribution in [2.75, 3.05) is 13.1 Å². The zero-order chi connectivity index (χ0) is 16.2. The van der Waals surface area contributed by atoms with Gasteiger partial charge in [-0.3, -0.25) is 4.79 Å². The summed E-state index contributed by atoms with van der Waals surface area (Å²) >= 11 is 0. The number of aliphatic hydroxyl groups excluding tert-OH is 1. The van der Waals surface area contributed by atoms with E-state index in [4.69, 9.17) is 0 Å². The van der Waals surface area contributed by atoms with Crippen LogP contribution in [0, 0.1) is 11.7 Å². The Morgan fingerprint density at radius 2 is 2.13 bits per heavy atom. The van der Waals surface area contributed by atoms with Gasteiger partial charge in [-0.15, -0.1) is 0 Å². The van der Waals surface area contributed by atoms with Crippen LogP contribution in [0.5, 0.6) is 0 Å². The van der Waals surface area contributed by atoms with Crippen molar-refractivity contribution in [3.05, 3.63) is 54.4 Å². The monoisotopic (exact) mass is 317 g/mol. The first-order valence-electron chi connectivity index (χ1n) is 7.78. The molecule has 1 aromatic carbocycles. The van der Waals surface area contributed by atoms with E-state index in [0.717, 1.165) is 5.56 Å². The summed E-state index contributed by atoms with van der Waals surface area (Å²) in [6.07, 6.45) is 5.79. The van der Waals surface area contributed by atoms with Crippen molar-refractivity contribution in [1.29, 1.82) is 0 Å². The summed E-state index contributed by atoms with van der Waals surface area (Å²) < 4.78 is 14.7. The number of benzene rings is 1. The number of carbonyl (C=O) groups excluding carboxylic acids is 1. The smallest absolute Gasteiger partial charge is 0.242 e. The third-order valence-corrected chi connectivity index (χ3v) is 4.33. The van der Waals surface area contributed by atoms with Gasteiger partial charge in [0.2, 0.25) is 5.91 Å². The maximum absolute atomic E-state index is 13.0. The highest BCUT2D eigenvalue weighted by atomic mass is 19.1. The van der Waals surface area contributed by atoms with Crippen LogP contribution in [0.3, 0.4) is 0 Å². The zero-order valence-corrected chi connectivity index (χ0v) is 12.8. The largest absolute Gasteiger partial charge is 0.393 e. The van der Waals surface area contributed by atoms with Crippen molar-refractivity contribution < 1.29 is 14.3 Å². The highest BCUT2D eigenvalue weighted by Crippen LogP contribution is 2.22. The average molecular weight is 317 g/mol. The molecule has 2 aromatic rings. The molecule has 3 rings (SSSR count). The van der Waals surface area contributed by atoms with Gasteiger partial charge in [-0.2, -0.15) is 0 Å². The van der Waals surface area contributed by atoms with E-state index < -0.39 is 6.10 Å². The molecule has 0 radical (unpaired) electrons. The van der Waals surface area contributed by atoms with Crippen LogP contribution in [-0.2, 0) is 17.8 Å². The lowest BCUT2D eigenvalue weighted by Gasteiger charge is -2.36. The molecule has 122 valence electrons. The average Bonchev–Trinajstić information content (AvgIpc) is 3.04. The molecule has 23 heavy (non-hydrogen) atoms. The van der Waals surface area contributed by atoms with Gasteiger partial charge in [0.05, 0.1) is 12.4 Å². The van der Waals surface area contributed by atoms with Crippen molar-refractivity contribution >= 4 is 5.91 Å². The lowest BCUT2D eigenvalue weighted by atomic mass is 9.88. The Bertz CT molecular complexity index is 642. The van der Waals surface area contributed by atoms with E-state index in [1.807, 2.05) is 0 Å². The number of carbonyl (C=O) groups is 1. The topological polar surface area (TPSA) is 58.4 Å². The summed E-state index contributed by atoms with van der Waals surface area (Å²) in [4.78, 5) is 18.1. The minimum Gasteiger partial charge on any atom is -0.393 e. The predicted molar refractivity (Wildman–Crippen MR) is 83.0 cm³/mol. The number of nitrogens with zero attached hydrogens (tertiary/aromatic N) is 3. The number of hydrogen-bond acceptors (Lipinski definition) is 3. The summed E-state index contributed by atoms with van der Waals surface area (Å²) in [5.41, 5.74) is 0.972. The molecular weight excluding hydrogens is 297 g/mol. The molecule has 1 fully saturated rings. The second-order valence-corrected chi connectivity index (χ2v) is 6.02. The van der Waals surface area contributed by atoms with Gasteiger partial charge in [-0.1, -0.05) is 12.1 Å². The molecule has 1 saturated heterocycles. The van der Waals surface area contributed by atoms with E-state index in [2.05, 4.69) is 4.98 Å². The molecular formula is C17H20FN3O2. The van der Waals surface area contributed by atoms with E-state index in [1.165, 1.54) is 12.1 Å². The molecule has 1 aliphatic rings. The first kappa shape index (κ1) is 15.7. The van der Waals surface area contributed by atoms with Crippen LogP contribution in [0.15, 0.2) is 43.0 Å². The van der Waals surface area contributed by atoms with E-state index in [9.17, 15) is 14.3 Å². The summed E-state index contributed by atoms with van der Waals surface area (Å²) in [7, 11) is 0. The van der Waals surface area contributed by atoms with Crippen LogP contribution < -0.4 is 0 Å². The van der Waals surface area contributed by atoms with Crippen LogP contribution in [0.2, 0.25) is 0 Å². The van der Waals surface area contributed by atoms with Gasteiger partial charge in [0.1, 0.15) is 12.4 Å². The fraction of sp³-hybridized carbons (Fsp3) is 0.412. The van der Waals surface area contributed by atoms with Gasteiger partial charge in [-0.05, 0) is 30.5 Å². The van der Waals surface area contributed by atoms with Crippen LogP contribution in [0.25, 0.3) is 0 Å². The predicted octanol–water partition coefficient (Wildman–Crippen LogP) is 1.47. The number of aromatic nitrogens is 2. The van der Waals surface area contributed by atoms with Crippen LogP contribution in [0.1, 0.15) is 12.0 Å². The first-order valence-corrected chi connectivity index (χ1v) is 7.78. The Balaban J connectivity index is 1.62. The van der Waals surface area contributed by atoms with Gasteiger partial charge in [0.15, 0.2) is 0 Å². The number of amides is 1. The van der Waals surface area contributed by atoms with Crippen molar-refractivity contribution in [1.82, 2.24) is 14.5 Å². The molecule has 5 nitrogen and oxygen atoms in total. The Hall–Kier alpha value is -2.21. The Labute approximate surface area is 134 Å². The number of piperidine rings is 1. The quantitative estimate of drug-likeness (QED) is 0.929. The molecule has 2 atom stereocenters. The highest BCUT2D eigenvalue weighted by Gasteiger charge is 2.30. The molecule has 1 N–H and O–H groups in total. The maximum atomic E-state index is 13.0. The molecule has 0 aliphatic carbocycles. The van der Waals surface area contributed by atoms with Crippen molar-refractivity contribution in [3.63, 3.8) is 0 Å². The van der Waals surface area contributed by atoms with E-state index in [-0.39, 0.29) is 24.2 Å². The maximum Gasteiger partial charge on any atom is 0.242 e. The van der Waals surface area contributed by atoms with Gasteiger partial charge < -0.3 is 14.6 Å². The summed E-state index contributed by atoms with van der Waals surface area (Å²) in [5, 5.41) is 10.2. The lowest BCUT2D eigenvalue weighted by Crippen LogP contribution is -2.47. The third-order valence-electron chi connectivity index (χ3n) is 4.33. The molecule has 0 saturated carbocycles. The summed E-state index contributed by atoms with van der Waals surface area (Å²) in [5.74, 6) is -0.268. The number of aliphatic hydroxyl groups is 1. The van der Waals surface area contributed by atoms with Crippen LogP contribution in [-0.4, -0.2) is 44.7 Å². The molecule has 1 amide bonds. The standard InChI is InChI=1S/C17H20FN3O2/c18-15-3-1-13(2-4-15)9-14-10-21(7-5-16(14)22)17(23)11-20-8-6-19-12-20/h1-4,6,8,12,14,16,22H,5,7,9-11H2/t14-,16-/m1/s1. The minimum atomic E-state index is -0.433. The molecule has 0 spiro atoms. The summed E-state index contributed by atoms with van der Waals surface area (Å²) in [6, 6.07) is 6.31. The molecule has 0 bridgehead atoms. The number of hydrogen-bond donors (Lipinski definition) is 1. The molecule has 6 heteroatoms. The number of rotatable bonds is 4. The number of imidazole rings is 1. The highest BCUT2D eigenvalue weighted by molar-refractivity contribution is 5.76. The van der Waals surface area contributed by atoms with E-state index >= 15 is 0 Å². The van der Waals surface area contributed by atoms with Crippen molar-refractivity contribution in [3.8, 4) is 0 Å².